The molecule has 1 aromatic carbocycles. The van der Waals surface area contributed by atoms with Crippen LogP contribution in [0.1, 0.15) is 19.4 Å². The molecule has 0 aliphatic carbocycles. The second kappa shape index (κ2) is 7.28. The number of sulfone groups is 1. The number of benzene rings is 1. The molecule has 0 atom stereocenters. The average Bonchev–Trinajstić information content (AvgIpc) is 2.38. The summed E-state index contributed by atoms with van der Waals surface area (Å²) in [5, 5.41) is 6.41. The summed E-state index contributed by atoms with van der Waals surface area (Å²) in [6.45, 7) is 5.71. The number of guanidine groups is 1. The van der Waals surface area contributed by atoms with Gasteiger partial charge in [-0.2, -0.15) is 0 Å². The van der Waals surface area contributed by atoms with Gasteiger partial charge in [-0.3, -0.25) is 4.99 Å². The molecule has 6 heteroatoms. The largest absolute Gasteiger partial charge is 0.356 e. The quantitative estimate of drug-likeness (QED) is 0.637. The van der Waals surface area contributed by atoms with Crippen LogP contribution >= 0.6 is 0 Å². The van der Waals surface area contributed by atoms with E-state index in [0.29, 0.717) is 17.4 Å². The van der Waals surface area contributed by atoms with Crippen molar-refractivity contribution in [1.29, 1.82) is 0 Å². The molecule has 0 aromatic heterocycles. The van der Waals surface area contributed by atoms with Crippen molar-refractivity contribution >= 4 is 15.8 Å². The van der Waals surface area contributed by atoms with Crippen LogP contribution in [0.5, 0.6) is 0 Å². The second-order valence-corrected chi connectivity index (χ2v) is 7.13. The number of aliphatic imine (C=N–C) groups is 1. The molecule has 0 unspecified atom stereocenters. The lowest BCUT2D eigenvalue weighted by atomic mass is 10.2. The first-order valence-electron chi connectivity index (χ1n) is 6.56. The van der Waals surface area contributed by atoms with Gasteiger partial charge in [0, 0.05) is 26.4 Å². The third kappa shape index (κ3) is 5.61. The van der Waals surface area contributed by atoms with E-state index in [1.54, 1.807) is 31.3 Å². The third-order valence-corrected chi connectivity index (χ3v) is 3.84. The predicted molar refractivity (Wildman–Crippen MR) is 82.6 cm³/mol. The Balaban J connectivity index is 2.57. The molecular formula is C14H23N3O2S. The minimum absolute atomic E-state index is 0.337. The van der Waals surface area contributed by atoms with Gasteiger partial charge in [0.25, 0.3) is 0 Å². The molecule has 0 saturated heterocycles. The van der Waals surface area contributed by atoms with Crippen LogP contribution in [0, 0.1) is 5.92 Å². The van der Waals surface area contributed by atoms with E-state index in [-0.39, 0.29) is 0 Å². The van der Waals surface area contributed by atoms with Gasteiger partial charge in [-0.1, -0.05) is 26.0 Å². The monoisotopic (exact) mass is 297 g/mol. The number of nitrogens with zero attached hydrogens (tertiary/aromatic N) is 1. The molecule has 0 saturated carbocycles. The summed E-state index contributed by atoms with van der Waals surface area (Å²) in [6.07, 6.45) is 1.21. The molecule has 0 heterocycles. The van der Waals surface area contributed by atoms with Crippen LogP contribution < -0.4 is 10.6 Å². The van der Waals surface area contributed by atoms with E-state index < -0.39 is 9.84 Å². The predicted octanol–water partition coefficient (Wildman–Crippen LogP) is 1.41. The van der Waals surface area contributed by atoms with Gasteiger partial charge in [-0.05, 0) is 23.6 Å². The molecule has 5 nitrogen and oxygen atoms in total. The first-order valence-corrected chi connectivity index (χ1v) is 8.45. The zero-order valence-electron chi connectivity index (χ0n) is 12.5. The summed E-state index contributed by atoms with van der Waals surface area (Å²) in [6, 6.07) is 6.85. The van der Waals surface area contributed by atoms with E-state index in [1.807, 2.05) is 0 Å². The molecular weight excluding hydrogens is 274 g/mol. The minimum Gasteiger partial charge on any atom is -0.356 e. The van der Waals surface area contributed by atoms with Crippen LogP contribution in [0.3, 0.4) is 0 Å². The van der Waals surface area contributed by atoms with Crippen LogP contribution in [0.4, 0.5) is 0 Å². The number of hydrogen-bond acceptors (Lipinski definition) is 3. The summed E-state index contributed by atoms with van der Waals surface area (Å²) in [5.41, 5.74) is 1.00. The van der Waals surface area contributed by atoms with Crippen molar-refractivity contribution in [1.82, 2.24) is 10.6 Å². The second-order valence-electron chi connectivity index (χ2n) is 5.12. The highest BCUT2D eigenvalue weighted by Crippen LogP contribution is 2.10. The van der Waals surface area contributed by atoms with E-state index in [9.17, 15) is 8.42 Å². The maximum absolute atomic E-state index is 11.4. The number of nitrogens with one attached hydrogen (secondary N) is 2. The van der Waals surface area contributed by atoms with Gasteiger partial charge in [-0.15, -0.1) is 0 Å². The first-order chi connectivity index (χ1) is 9.32. The molecule has 0 radical (unpaired) electrons. The lowest BCUT2D eigenvalue weighted by molar-refractivity contribution is 0.602. The van der Waals surface area contributed by atoms with Gasteiger partial charge >= 0.3 is 0 Å². The Labute approximate surface area is 121 Å². The Hall–Kier alpha value is -1.56. The fourth-order valence-electron chi connectivity index (χ4n) is 1.56. The van der Waals surface area contributed by atoms with Crippen molar-refractivity contribution < 1.29 is 8.42 Å². The van der Waals surface area contributed by atoms with Gasteiger partial charge < -0.3 is 10.6 Å². The molecule has 1 aromatic rings. The van der Waals surface area contributed by atoms with E-state index in [0.717, 1.165) is 18.1 Å². The Morgan fingerprint density at radius 3 is 2.25 bits per heavy atom. The van der Waals surface area contributed by atoms with Crippen molar-refractivity contribution in [2.45, 2.75) is 25.3 Å². The summed E-state index contributed by atoms with van der Waals surface area (Å²) < 4.78 is 22.7. The Morgan fingerprint density at radius 1 is 1.20 bits per heavy atom. The first kappa shape index (κ1) is 16.5. The fourth-order valence-corrected chi connectivity index (χ4v) is 2.19. The molecule has 0 bridgehead atoms. The Bertz CT molecular complexity index is 548. The van der Waals surface area contributed by atoms with E-state index in [4.69, 9.17) is 0 Å². The topological polar surface area (TPSA) is 70.6 Å². The standard InChI is InChI=1S/C14H23N3O2S/c1-11(2)9-16-14(15-3)17-10-12-5-7-13(8-6-12)20(4,18)19/h5-8,11H,9-10H2,1-4H3,(H2,15,16,17). The van der Waals surface area contributed by atoms with E-state index in [1.165, 1.54) is 6.26 Å². The Morgan fingerprint density at radius 2 is 1.80 bits per heavy atom. The third-order valence-electron chi connectivity index (χ3n) is 2.71. The van der Waals surface area contributed by atoms with Crippen molar-refractivity contribution in [2.24, 2.45) is 10.9 Å². The molecule has 0 fully saturated rings. The lowest BCUT2D eigenvalue weighted by Gasteiger charge is -2.13. The highest BCUT2D eigenvalue weighted by Gasteiger charge is 2.06. The molecule has 0 aliphatic rings. The smallest absolute Gasteiger partial charge is 0.191 e. The van der Waals surface area contributed by atoms with Crippen LogP contribution in [-0.4, -0.2) is 34.2 Å². The SMILES string of the molecule is CN=C(NCc1ccc(S(C)(=O)=O)cc1)NCC(C)C. The summed E-state index contributed by atoms with van der Waals surface area (Å²) in [5.74, 6) is 1.29. The normalized spacial score (nSPS) is 12.6. The van der Waals surface area contributed by atoms with Crippen LogP contribution in [0.25, 0.3) is 0 Å². The minimum atomic E-state index is -3.13. The van der Waals surface area contributed by atoms with Gasteiger partial charge in [-0.25, -0.2) is 8.42 Å². The molecule has 20 heavy (non-hydrogen) atoms. The van der Waals surface area contributed by atoms with Crippen molar-refractivity contribution in [3.63, 3.8) is 0 Å². The lowest BCUT2D eigenvalue weighted by Crippen LogP contribution is -2.38. The van der Waals surface area contributed by atoms with Crippen LogP contribution in [-0.2, 0) is 16.4 Å². The number of rotatable bonds is 5. The zero-order chi connectivity index (χ0) is 15.2. The highest BCUT2D eigenvalue weighted by molar-refractivity contribution is 7.90. The van der Waals surface area contributed by atoms with Gasteiger partial charge in [0.2, 0.25) is 0 Å². The van der Waals surface area contributed by atoms with E-state index >= 15 is 0 Å². The van der Waals surface area contributed by atoms with Crippen LogP contribution in [0.2, 0.25) is 0 Å². The van der Waals surface area contributed by atoms with Crippen molar-refractivity contribution in [3.8, 4) is 0 Å². The van der Waals surface area contributed by atoms with Gasteiger partial charge in [0.05, 0.1) is 4.90 Å². The molecule has 1 rings (SSSR count). The average molecular weight is 297 g/mol. The van der Waals surface area contributed by atoms with Crippen LogP contribution in [0.15, 0.2) is 34.2 Å². The molecule has 0 amide bonds. The molecule has 0 aliphatic heterocycles. The molecule has 112 valence electrons. The van der Waals surface area contributed by atoms with Gasteiger partial charge in [0.15, 0.2) is 15.8 Å². The zero-order valence-corrected chi connectivity index (χ0v) is 13.3. The fraction of sp³-hybridized carbons (Fsp3) is 0.500. The van der Waals surface area contributed by atoms with Crippen molar-refractivity contribution in [3.05, 3.63) is 29.8 Å². The highest BCUT2D eigenvalue weighted by atomic mass is 32.2. The maximum Gasteiger partial charge on any atom is 0.191 e. The van der Waals surface area contributed by atoms with E-state index in [2.05, 4.69) is 29.5 Å². The Kier molecular flexibility index (Phi) is 6.01. The van der Waals surface area contributed by atoms with Gasteiger partial charge in [0.1, 0.15) is 0 Å². The summed E-state index contributed by atoms with van der Waals surface area (Å²) in [4.78, 5) is 4.47. The summed E-state index contributed by atoms with van der Waals surface area (Å²) >= 11 is 0. The molecule has 0 spiro atoms. The summed E-state index contributed by atoms with van der Waals surface area (Å²) in [7, 11) is -1.41. The maximum atomic E-state index is 11.4. The molecule has 2 N–H and O–H groups in total. The van der Waals surface area contributed by atoms with Crippen molar-refractivity contribution in [2.75, 3.05) is 19.8 Å². The number of hydrogen-bond donors (Lipinski definition) is 2.